The highest BCUT2D eigenvalue weighted by Gasteiger charge is 2.27. The molecule has 5 rings (SSSR count). The van der Waals surface area contributed by atoms with Gasteiger partial charge in [0.2, 0.25) is 5.78 Å². The number of aromatic nitrogens is 3. The fraction of sp³-hybridized carbons (Fsp3) is 0.538. The van der Waals surface area contributed by atoms with Gasteiger partial charge in [0.15, 0.2) is 0 Å². The minimum absolute atomic E-state index is 0.0280. The molecule has 2 fully saturated rings. The summed E-state index contributed by atoms with van der Waals surface area (Å²) in [5.41, 5.74) is 1.72. The van der Waals surface area contributed by atoms with Crippen LogP contribution in [-0.2, 0) is 11.3 Å². The fourth-order valence-electron chi connectivity index (χ4n) is 5.24. The number of nitrogens with zero attached hydrogens (tertiary/aromatic N) is 5. The van der Waals surface area contributed by atoms with E-state index in [2.05, 4.69) is 21.3 Å². The standard InChI is InChI=1S/C26H34ClN5O2/c1-2-3-4-11-31-24(30-12-9-22(10-13-30)29-14-16-34-17-15-29)18-25(33)32-19-23(28-26(31)32)20-5-7-21(27)8-6-20/h5-8,18-19,22H,2-4,9-17H2,1H3. The van der Waals surface area contributed by atoms with Crippen LogP contribution >= 0.6 is 11.6 Å². The number of piperidine rings is 1. The first-order chi connectivity index (χ1) is 16.6. The van der Waals surface area contributed by atoms with Crippen LogP contribution in [-0.4, -0.2) is 64.3 Å². The van der Waals surface area contributed by atoms with E-state index in [1.165, 1.54) is 0 Å². The first-order valence-electron chi connectivity index (χ1n) is 12.6. The Hall–Kier alpha value is -2.35. The van der Waals surface area contributed by atoms with Crippen LogP contribution in [0.1, 0.15) is 39.0 Å². The number of ether oxygens (including phenoxy) is 1. The summed E-state index contributed by atoms with van der Waals surface area (Å²) in [7, 11) is 0. The Morgan fingerprint density at radius 3 is 2.50 bits per heavy atom. The summed E-state index contributed by atoms with van der Waals surface area (Å²) in [6, 6.07) is 10.0. The van der Waals surface area contributed by atoms with Gasteiger partial charge in [-0.3, -0.25) is 18.7 Å². The highest BCUT2D eigenvalue weighted by molar-refractivity contribution is 6.30. The van der Waals surface area contributed by atoms with Crippen molar-refractivity contribution in [2.75, 3.05) is 44.3 Å². The molecule has 3 aromatic rings. The van der Waals surface area contributed by atoms with Gasteiger partial charge in [-0.25, -0.2) is 4.98 Å². The van der Waals surface area contributed by atoms with Crippen molar-refractivity contribution in [3.8, 4) is 11.3 Å². The summed E-state index contributed by atoms with van der Waals surface area (Å²) in [4.78, 5) is 23.1. The van der Waals surface area contributed by atoms with Gasteiger partial charge in [0.05, 0.1) is 18.9 Å². The van der Waals surface area contributed by atoms with Crippen LogP contribution in [0.5, 0.6) is 0 Å². The van der Waals surface area contributed by atoms with Crippen LogP contribution in [0.25, 0.3) is 17.0 Å². The number of rotatable bonds is 7. The Balaban J connectivity index is 1.46. The van der Waals surface area contributed by atoms with Crippen molar-refractivity contribution in [3.05, 3.63) is 51.9 Å². The number of imidazole rings is 1. The third-order valence-corrected chi connectivity index (χ3v) is 7.42. The summed E-state index contributed by atoms with van der Waals surface area (Å²) in [6.45, 7) is 8.71. The van der Waals surface area contributed by atoms with Gasteiger partial charge in [-0.15, -0.1) is 0 Å². The number of anilines is 1. The molecule has 182 valence electrons. The van der Waals surface area contributed by atoms with E-state index in [0.717, 1.165) is 101 Å². The van der Waals surface area contributed by atoms with Crippen LogP contribution in [0.4, 0.5) is 5.82 Å². The first-order valence-corrected chi connectivity index (χ1v) is 13.0. The topological polar surface area (TPSA) is 55.0 Å². The number of morpholine rings is 1. The SMILES string of the molecule is CCCCCn1c(N2CCC(N3CCOCC3)CC2)cc(=O)n2cc(-c3ccc(Cl)cc3)nc12. The van der Waals surface area contributed by atoms with Crippen molar-refractivity contribution in [1.29, 1.82) is 0 Å². The molecule has 0 saturated carbocycles. The molecule has 0 aliphatic carbocycles. The van der Waals surface area contributed by atoms with E-state index in [9.17, 15) is 4.79 Å². The lowest BCUT2D eigenvalue weighted by molar-refractivity contribution is 0.0114. The minimum atomic E-state index is -0.0280. The number of hydrogen-bond donors (Lipinski definition) is 0. The Morgan fingerprint density at radius 1 is 1.06 bits per heavy atom. The lowest BCUT2D eigenvalue weighted by atomic mass is 10.0. The van der Waals surface area contributed by atoms with Crippen molar-refractivity contribution in [2.24, 2.45) is 0 Å². The first kappa shape index (κ1) is 23.4. The molecular formula is C26H34ClN5O2. The van der Waals surface area contributed by atoms with Gasteiger partial charge in [-0.1, -0.05) is 43.5 Å². The molecule has 2 aliphatic rings. The van der Waals surface area contributed by atoms with Gasteiger partial charge < -0.3 is 9.64 Å². The maximum atomic E-state index is 13.2. The molecule has 7 nitrogen and oxygen atoms in total. The molecule has 0 atom stereocenters. The largest absolute Gasteiger partial charge is 0.379 e. The van der Waals surface area contributed by atoms with E-state index in [1.807, 2.05) is 30.5 Å². The zero-order valence-corrected chi connectivity index (χ0v) is 20.7. The summed E-state index contributed by atoms with van der Waals surface area (Å²) < 4.78 is 9.48. The average Bonchev–Trinajstić information content (AvgIpc) is 3.33. The van der Waals surface area contributed by atoms with Crippen LogP contribution in [0.15, 0.2) is 41.3 Å². The molecule has 0 bridgehead atoms. The smallest absolute Gasteiger partial charge is 0.261 e. The average molecular weight is 484 g/mol. The Kier molecular flexibility index (Phi) is 7.23. The normalized spacial score (nSPS) is 18.1. The van der Waals surface area contributed by atoms with E-state index in [4.69, 9.17) is 21.3 Å². The van der Waals surface area contributed by atoms with Crippen LogP contribution in [0, 0.1) is 0 Å². The van der Waals surface area contributed by atoms with Gasteiger partial charge in [-0.2, -0.15) is 0 Å². The lowest BCUT2D eigenvalue weighted by Crippen LogP contribution is -2.49. The predicted molar refractivity (Wildman–Crippen MR) is 137 cm³/mol. The highest BCUT2D eigenvalue weighted by Crippen LogP contribution is 2.26. The zero-order chi connectivity index (χ0) is 23.5. The maximum Gasteiger partial charge on any atom is 0.261 e. The van der Waals surface area contributed by atoms with Crippen molar-refractivity contribution in [1.82, 2.24) is 18.9 Å². The number of unbranched alkanes of at least 4 members (excludes halogenated alkanes) is 2. The number of halogens is 1. The van der Waals surface area contributed by atoms with Crippen molar-refractivity contribution < 1.29 is 4.74 Å². The van der Waals surface area contributed by atoms with Gasteiger partial charge in [0.25, 0.3) is 5.56 Å². The number of benzene rings is 1. The van der Waals surface area contributed by atoms with Crippen LogP contribution in [0.2, 0.25) is 5.02 Å². The molecule has 34 heavy (non-hydrogen) atoms. The molecule has 1 aromatic carbocycles. The zero-order valence-electron chi connectivity index (χ0n) is 20.0. The third-order valence-electron chi connectivity index (χ3n) is 7.17. The molecule has 0 radical (unpaired) electrons. The Morgan fingerprint density at radius 2 is 1.79 bits per heavy atom. The van der Waals surface area contributed by atoms with E-state index < -0.39 is 0 Å². The van der Waals surface area contributed by atoms with Gasteiger partial charge in [0, 0.05) is 61.6 Å². The molecule has 0 unspecified atom stereocenters. The second-order valence-corrected chi connectivity index (χ2v) is 9.81. The van der Waals surface area contributed by atoms with E-state index in [1.54, 1.807) is 10.5 Å². The quantitative estimate of drug-likeness (QED) is 0.469. The van der Waals surface area contributed by atoms with Gasteiger partial charge in [-0.05, 0) is 31.4 Å². The van der Waals surface area contributed by atoms with Crippen molar-refractivity contribution >= 4 is 23.2 Å². The summed E-state index contributed by atoms with van der Waals surface area (Å²) >= 11 is 6.07. The van der Waals surface area contributed by atoms with E-state index in [0.29, 0.717) is 11.1 Å². The predicted octanol–water partition coefficient (Wildman–Crippen LogP) is 4.31. The van der Waals surface area contributed by atoms with E-state index >= 15 is 0 Å². The van der Waals surface area contributed by atoms with Crippen LogP contribution < -0.4 is 10.5 Å². The second kappa shape index (κ2) is 10.5. The highest BCUT2D eigenvalue weighted by atomic mass is 35.5. The monoisotopic (exact) mass is 483 g/mol. The summed E-state index contributed by atoms with van der Waals surface area (Å²) in [6.07, 6.45) is 7.45. The van der Waals surface area contributed by atoms with E-state index in [-0.39, 0.29) is 5.56 Å². The van der Waals surface area contributed by atoms with Crippen molar-refractivity contribution in [2.45, 2.75) is 51.6 Å². The Labute approximate surface area is 205 Å². The second-order valence-electron chi connectivity index (χ2n) is 9.37. The lowest BCUT2D eigenvalue weighted by Gasteiger charge is -2.41. The molecule has 0 N–H and O–H groups in total. The molecule has 4 heterocycles. The third kappa shape index (κ3) is 4.88. The minimum Gasteiger partial charge on any atom is -0.379 e. The molecule has 0 spiro atoms. The number of hydrogen-bond acceptors (Lipinski definition) is 5. The molecule has 2 aromatic heterocycles. The molecule has 0 amide bonds. The molecule has 2 aliphatic heterocycles. The Bertz CT molecular complexity index is 1160. The number of aryl methyl sites for hydroxylation is 1. The maximum absolute atomic E-state index is 13.2. The summed E-state index contributed by atoms with van der Waals surface area (Å²) in [5, 5.41) is 0.689. The summed E-state index contributed by atoms with van der Waals surface area (Å²) in [5.74, 6) is 1.72. The van der Waals surface area contributed by atoms with Gasteiger partial charge in [0.1, 0.15) is 5.82 Å². The van der Waals surface area contributed by atoms with Gasteiger partial charge >= 0.3 is 0 Å². The molecule has 8 heteroatoms. The fourth-order valence-corrected chi connectivity index (χ4v) is 5.37. The number of fused-ring (bicyclic) bond motifs is 1. The molecule has 2 saturated heterocycles. The van der Waals surface area contributed by atoms with Crippen molar-refractivity contribution in [3.63, 3.8) is 0 Å². The molecular weight excluding hydrogens is 450 g/mol. The van der Waals surface area contributed by atoms with Crippen LogP contribution in [0.3, 0.4) is 0 Å².